The van der Waals surface area contributed by atoms with Crippen molar-refractivity contribution in [2.45, 2.75) is 44.2 Å². The molecule has 2 N–H and O–H groups in total. The Kier molecular flexibility index (Phi) is 3.99. The molecular formula is C17H26N2O. The molecule has 20 heavy (non-hydrogen) atoms. The molecule has 1 saturated carbocycles. The van der Waals surface area contributed by atoms with Crippen LogP contribution in [0.3, 0.4) is 0 Å². The van der Waals surface area contributed by atoms with Gasteiger partial charge in [-0.05, 0) is 68.3 Å². The highest BCUT2D eigenvalue weighted by Gasteiger charge is 2.36. The molecule has 2 unspecified atom stereocenters. The van der Waals surface area contributed by atoms with E-state index in [-0.39, 0.29) is 0 Å². The zero-order chi connectivity index (χ0) is 14.1. The topological polar surface area (TPSA) is 38.5 Å². The van der Waals surface area contributed by atoms with Crippen LogP contribution in [0.1, 0.15) is 42.9 Å². The Morgan fingerprint density at radius 3 is 2.80 bits per heavy atom. The third-order valence-corrected chi connectivity index (χ3v) is 5.06. The van der Waals surface area contributed by atoms with E-state index in [9.17, 15) is 0 Å². The van der Waals surface area contributed by atoms with Gasteiger partial charge in [-0.2, -0.15) is 0 Å². The van der Waals surface area contributed by atoms with Crippen molar-refractivity contribution in [2.24, 2.45) is 11.7 Å². The summed E-state index contributed by atoms with van der Waals surface area (Å²) in [7, 11) is 4.01. The van der Waals surface area contributed by atoms with E-state index in [1.807, 2.05) is 0 Å². The molecule has 0 heterocycles. The van der Waals surface area contributed by atoms with Gasteiger partial charge in [-0.3, -0.25) is 4.90 Å². The molecule has 0 aromatic heterocycles. The van der Waals surface area contributed by atoms with Crippen LogP contribution < -0.4 is 10.5 Å². The van der Waals surface area contributed by atoms with Crippen molar-refractivity contribution in [3.05, 3.63) is 29.3 Å². The van der Waals surface area contributed by atoms with E-state index < -0.39 is 0 Å². The number of fused-ring (bicyclic) bond motifs is 1. The average Bonchev–Trinajstić information content (AvgIpc) is 3.31. The second kappa shape index (κ2) is 5.74. The van der Waals surface area contributed by atoms with Gasteiger partial charge in [0.05, 0.1) is 7.11 Å². The van der Waals surface area contributed by atoms with Crippen molar-refractivity contribution < 1.29 is 4.74 Å². The van der Waals surface area contributed by atoms with E-state index in [0.717, 1.165) is 18.2 Å². The summed E-state index contributed by atoms with van der Waals surface area (Å²) < 4.78 is 5.36. The van der Waals surface area contributed by atoms with Crippen LogP contribution in [0, 0.1) is 5.92 Å². The van der Waals surface area contributed by atoms with E-state index in [0.29, 0.717) is 12.1 Å². The molecule has 3 heteroatoms. The van der Waals surface area contributed by atoms with Crippen molar-refractivity contribution >= 4 is 0 Å². The summed E-state index contributed by atoms with van der Waals surface area (Å²) in [5.41, 5.74) is 8.97. The normalized spacial score (nSPS) is 23.5. The summed E-state index contributed by atoms with van der Waals surface area (Å²) in [6.45, 7) is 0.781. The third kappa shape index (κ3) is 2.57. The van der Waals surface area contributed by atoms with Crippen LogP contribution in [0.4, 0.5) is 0 Å². The fourth-order valence-electron chi connectivity index (χ4n) is 3.72. The molecule has 0 amide bonds. The first-order chi connectivity index (χ1) is 9.74. The Morgan fingerprint density at radius 2 is 2.15 bits per heavy atom. The lowest BCUT2D eigenvalue weighted by molar-refractivity contribution is 0.144. The number of benzene rings is 1. The number of aryl methyl sites for hydroxylation is 1. The summed E-state index contributed by atoms with van der Waals surface area (Å²) in [6.07, 6.45) is 6.40. The highest BCUT2D eigenvalue weighted by Crippen LogP contribution is 2.41. The number of hydrogen-bond donors (Lipinski definition) is 1. The molecule has 110 valence electrons. The van der Waals surface area contributed by atoms with Gasteiger partial charge >= 0.3 is 0 Å². The Hall–Kier alpha value is -1.06. The lowest BCUT2D eigenvalue weighted by atomic mass is 9.86. The first kappa shape index (κ1) is 13.9. The molecule has 2 aliphatic carbocycles. The lowest BCUT2D eigenvalue weighted by Gasteiger charge is -2.38. The van der Waals surface area contributed by atoms with Crippen LogP contribution in [-0.2, 0) is 6.42 Å². The molecule has 0 saturated heterocycles. The monoisotopic (exact) mass is 274 g/mol. The fourth-order valence-corrected chi connectivity index (χ4v) is 3.72. The van der Waals surface area contributed by atoms with Gasteiger partial charge in [0, 0.05) is 18.6 Å². The number of rotatable bonds is 5. The summed E-state index contributed by atoms with van der Waals surface area (Å²) in [4.78, 5) is 2.54. The maximum absolute atomic E-state index is 6.03. The first-order valence-electron chi connectivity index (χ1n) is 7.83. The molecule has 2 atom stereocenters. The molecule has 1 fully saturated rings. The Bertz CT molecular complexity index is 470. The average molecular weight is 274 g/mol. The van der Waals surface area contributed by atoms with Crippen LogP contribution in [0.2, 0.25) is 0 Å². The molecule has 3 nitrogen and oxygen atoms in total. The van der Waals surface area contributed by atoms with Crippen molar-refractivity contribution in [3.63, 3.8) is 0 Å². The molecule has 0 spiro atoms. The van der Waals surface area contributed by atoms with E-state index in [1.165, 1.54) is 43.2 Å². The summed E-state index contributed by atoms with van der Waals surface area (Å²) in [5.74, 6) is 1.80. The molecular weight excluding hydrogens is 248 g/mol. The molecule has 3 rings (SSSR count). The Morgan fingerprint density at radius 1 is 1.35 bits per heavy atom. The summed E-state index contributed by atoms with van der Waals surface area (Å²) in [5, 5.41) is 0. The number of nitrogens with zero attached hydrogens (tertiary/aromatic N) is 1. The van der Waals surface area contributed by atoms with Crippen LogP contribution in [0.25, 0.3) is 0 Å². The molecule has 0 radical (unpaired) electrons. The summed E-state index contributed by atoms with van der Waals surface area (Å²) >= 11 is 0. The minimum atomic E-state index is 0.527. The largest absolute Gasteiger partial charge is 0.497 e. The van der Waals surface area contributed by atoms with Crippen LogP contribution in [-0.4, -0.2) is 31.6 Å². The predicted molar refractivity (Wildman–Crippen MR) is 82.0 cm³/mol. The van der Waals surface area contributed by atoms with Crippen LogP contribution >= 0.6 is 0 Å². The van der Waals surface area contributed by atoms with Gasteiger partial charge in [-0.15, -0.1) is 0 Å². The van der Waals surface area contributed by atoms with E-state index in [1.54, 1.807) is 7.11 Å². The van der Waals surface area contributed by atoms with E-state index in [4.69, 9.17) is 10.5 Å². The number of hydrogen-bond acceptors (Lipinski definition) is 3. The summed E-state index contributed by atoms with van der Waals surface area (Å²) in [6, 6.07) is 7.64. The number of likely N-dealkylation sites (N-methyl/N-ethyl adjacent to an activating group) is 1. The number of nitrogens with two attached hydrogens (primary N) is 1. The first-order valence-corrected chi connectivity index (χ1v) is 7.83. The SMILES string of the molecule is COc1ccc2c(c1)CCCC2N(C)C(CN)C1CC1. The van der Waals surface area contributed by atoms with Gasteiger partial charge in [0.15, 0.2) is 0 Å². The van der Waals surface area contributed by atoms with Crippen LogP contribution in [0.15, 0.2) is 18.2 Å². The Labute approximate surface area is 122 Å². The second-order valence-electron chi connectivity index (χ2n) is 6.28. The minimum absolute atomic E-state index is 0.527. The van der Waals surface area contributed by atoms with E-state index in [2.05, 4.69) is 30.1 Å². The van der Waals surface area contributed by atoms with Gasteiger partial charge in [-0.25, -0.2) is 0 Å². The molecule has 1 aromatic carbocycles. The second-order valence-corrected chi connectivity index (χ2v) is 6.28. The maximum atomic E-state index is 6.03. The number of methoxy groups -OCH3 is 1. The molecule has 0 bridgehead atoms. The van der Waals surface area contributed by atoms with Crippen molar-refractivity contribution in [2.75, 3.05) is 20.7 Å². The third-order valence-electron chi connectivity index (χ3n) is 5.06. The standard InChI is InChI=1S/C17H26N2O/c1-19(17(11-18)12-6-7-12)16-5-3-4-13-10-14(20-2)8-9-15(13)16/h8-10,12,16-17H,3-7,11,18H2,1-2H3. The zero-order valence-electron chi connectivity index (χ0n) is 12.6. The Balaban J connectivity index is 1.85. The fraction of sp³-hybridized carbons (Fsp3) is 0.647. The lowest BCUT2D eigenvalue weighted by Crippen LogP contribution is -2.42. The van der Waals surface area contributed by atoms with Crippen molar-refractivity contribution in [1.82, 2.24) is 4.90 Å². The highest BCUT2D eigenvalue weighted by molar-refractivity contribution is 5.39. The predicted octanol–water partition coefficient (Wildman–Crippen LogP) is 2.74. The number of ether oxygens (including phenoxy) is 1. The van der Waals surface area contributed by atoms with Gasteiger partial charge in [-0.1, -0.05) is 6.07 Å². The van der Waals surface area contributed by atoms with Gasteiger partial charge < -0.3 is 10.5 Å². The minimum Gasteiger partial charge on any atom is -0.497 e. The highest BCUT2D eigenvalue weighted by atomic mass is 16.5. The van der Waals surface area contributed by atoms with Crippen molar-refractivity contribution in [3.8, 4) is 5.75 Å². The van der Waals surface area contributed by atoms with Crippen LogP contribution in [0.5, 0.6) is 5.75 Å². The quantitative estimate of drug-likeness (QED) is 0.897. The molecule has 1 aromatic rings. The zero-order valence-corrected chi connectivity index (χ0v) is 12.6. The van der Waals surface area contributed by atoms with Gasteiger partial charge in [0.25, 0.3) is 0 Å². The molecule has 2 aliphatic rings. The van der Waals surface area contributed by atoms with Crippen molar-refractivity contribution in [1.29, 1.82) is 0 Å². The van der Waals surface area contributed by atoms with E-state index >= 15 is 0 Å². The molecule has 0 aliphatic heterocycles. The van der Waals surface area contributed by atoms with Gasteiger partial charge in [0.2, 0.25) is 0 Å². The maximum Gasteiger partial charge on any atom is 0.119 e. The smallest absolute Gasteiger partial charge is 0.119 e. The van der Waals surface area contributed by atoms with Gasteiger partial charge in [0.1, 0.15) is 5.75 Å².